The third-order valence-corrected chi connectivity index (χ3v) is 3.75. The van der Waals surface area contributed by atoms with E-state index in [9.17, 15) is 0 Å². The number of nitrogens with two attached hydrogens (primary N) is 1. The van der Waals surface area contributed by atoms with E-state index in [0.29, 0.717) is 11.9 Å². The van der Waals surface area contributed by atoms with Gasteiger partial charge in [-0.2, -0.15) is 0 Å². The van der Waals surface area contributed by atoms with Gasteiger partial charge in [0.25, 0.3) is 0 Å². The van der Waals surface area contributed by atoms with E-state index in [-0.39, 0.29) is 6.10 Å². The number of hydrogen-bond acceptors (Lipinski definition) is 5. The van der Waals surface area contributed by atoms with Gasteiger partial charge in [0.1, 0.15) is 11.9 Å². The Morgan fingerprint density at radius 1 is 1.42 bits per heavy atom. The van der Waals surface area contributed by atoms with Gasteiger partial charge in [-0.1, -0.05) is 6.92 Å². The number of nitrogens with zero attached hydrogens (tertiary/aromatic N) is 3. The van der Waals surface area contributed by atoms with E-state index in [2.05, 4.69) is 35.6 Å². The molecule has 1 aromatic rings. The molecule has 1 atom stereocenters. The molecule has 1 saturated heterocycles. The fourth-order valence-electron chi connectivity index (χ4n) is 2.38. The predicted molar refractivity (Wildman–Crippen MR) is 76.0 cm³/mol. The van der Waals surface area contributed by atoms with Crippen molar-refractivity contribution in [3.8, 4) is 0 Å². The number of morpholine rings is 1. The molecular weight excluding hydrogens is 240 g/mol. The second-order valence-corrected chi connectivity index (χ2v) is 5.34. The Labute approximate surface area is 115 Å². The molecule has 106 valence electrons. The largest absolute Gasteiger partial charge is 0.383 e. The third kappa shape index (κ3) is 3.04. The third-order valence-electron chi connectivity index (χ3n) is 3.75. The molecular formula is C14H24N4O. The van der Waals surface area contributed by atoms with Gasteiger partial charge in [-0.25, -0.2) is 9.97 Å². The molecule has 2 heterocycles. The molecule has 0 bridgehead atoms. The molecule has 0 aliphatic carbocycles. The molecule has 0 amide bonds. The standard InChI is InChI=1S/C14H24N4O/c1-5-11-10(4)13(15)17-14(16-11)12-8-18(9(2)3)6-7-19-12/h9,12H,5-8H2,1-4H3,(H2,15,16,17). The van der Waals surface area contributed by atoms with Gasteiger partial charge in [0.2, 0.25) is 0 Å². The average molecular weight is 264 g/mol. The van der Waals surface area contributed by atoms with Gasteiger partial charge in [0.05, 0.1) is 6.61 Å². The van der Waals surface area contributed by atoms with E-state index in [4.69, 9.17) is 10.5 Å². The Bertz CT molecular complexity index is 447. The molecule has 0 spiro atoms. The minimum absolute atomic E-state index is 0.0654. The first-order valence-electron chi connectivity index (χ1n) is 7.01. The van der Waals surface area contributed by atoms with Crippen molar-refractivity contribution in [1.29, 1.82) is 0 Å². The van der Waals surface area contributed by atoms with Crippen LogP contribution in [0.3, 0.4) is 0 Å². The van der Waals surface area contributed by atoms with Crippen LogP contribution in [0.25, 0.3) is 0 Å². The molecule has 1 aliphatic rings. The van der Waals surface area contributed by atoms with Gasteiger partial charge in [0, 0.05) is 30.4 Å². The Balaban J connectivity index is 2.24. The van der Waals surface area contributed by atoms with Crippen LogP contribution in [-0.2, 0) is 11.2 Å². The van der Waals surface area contributed by atoms with E-state index < -0.39 is 0 Å². The summed E-state index contributed by atoms with van der Waals surface area (Å²) in [4.78, 5) is 11.4. The molecule has 2 rings (SSSR count). The lowest BCUT2D eigenvalue weighted by Crippen LogP contribution is -2.42. The average Bonchev–Trinajstić information content (AvgIpc) is 2.41. The fraction of sp³-hybridized carbons (Fsp3) is 0.714. The summed E-state index contributed by atoms with van der Waals surface area (Å²) in [6.45, 7) is 11.0. The molecule has 2 N–H and O–H groups in total. The molecule has 1 aromatic heterocycles. The van der Waals surface area contributed by atoms with Crippen molar-refractivity contribution in [2.24, 2.45) is 0 Å². The zero-order chi connectivity index (χ0) is 14.0. The van der Waals surface area contributed by atoms with Crippen LogP contribution in [-0.4, -0.2) is 40.6 Å². The summed E-state index contributed by atoms with van der Waals surface area (Å²) in [7, 11) is 0. The van der Waals surface area contributed by atoms with Crippen molar-refractivity contribution in [3.63, 3.8) is 0 Å². The maximum atomic E-state index is 5.98. The lowest BCUT2D eigenvalue weighted by molar-refractivity contribution is -0.0443. The highest BCUT2D eigenvalue weighted by Crippen LogP contribution is 2.23. The van der Waals surface area contributed by atoms with Crippen molar-refractivity contribution in [2.45, 2.75) is 46.3 Å². The van der Waals surface area contributed by atoms with Crippen LogP contribution in [0.1, 0.15) is 44.0 Å². The summed E-state index contributed by atoms with van der Waals surface area (Å²) >= 11 is 0. The zero-order valence-corrected chi connectivity index (χ0v) is 12.3. The minimum Gasteiger partial charge on any atom is -0.383 e. The van der Waals surface area contributed by atoms with Crippen LogP contribution in [0.2, 0.25) is 0 Å². The highest BCUT2D eigenvalue weighted by atomic mass is 16.5. The molecule has 19 heavy (non-hydrogen) atoms. The lowest BCUT2D eigenvalue weighted by Gasteiger charge is -2.34. The number of ether oxygens (including phenoxy) is 1. The van der Waals surface area contributed by atoms with Gasteiger partial charge >= 0.3 is 0 Å². The van der Waals surface area contributed by atoms with Crippen molar-refractivity contribution in [1.82, 2.24) is 14.9 Å². The molecule has 5 heteroatoms. The van der Waals surface area contributed by atoms with Gasteiger partial charge in [-0.05, 0) is 27.2 Å². The smallest absolute Gasteiger partial charge is 0.161 e. The van der Waals surface area contributed by atoms with Crippen LogP contribution >= 0.6 is 0 Å². The molecule has 0 aromatic carbocycles. The number of aryl methyl sites for hydroxylation is 1. The summed E-state index contributed by atoms with van der Waals surface area (Å²) in [5.41, 5.74) is 7.99. The summed E-state index contributed by atoms with van der Waals surface area (Å²) in [6, 6.07) is 0.514. The van der Waals surface area contributed by atoms with Crippen molar-refractivity contribution < 1.29 is 4.74 Å². The number of rotatable bonds is 3. The fourth-order valence-corrected chi connectivity index (χ4v) is 2.38. The van der Waals surface area contributed by atoms with E-state index in [1.807, 2.05) is 6.92 Å². The zero-order valence-electron chi connectivity index (χ0n) is 12.3. The summed E-state index contributed by atoms with van der Waals surface area (Å²) in [5, 5.41) is 0. The van der Waals surface area contributed by atoms with Crippen LogP contribution in [0.5, 0.6) is 0 Å². The molecule has 0 saturated carbocycles. The highest BCUT2D eigenvalue weighted by Gasteiger charge is 2.26. The molecule has 1 aliphatic heterocycles. The van der Waals surface area contributed by atoms with Crippen LogP contribution in [0.15, 0.2) is 0 Å². The first kappa shape index (κ1) is 14.2. The van der Waals surface area contributed by atoms with E-state index in [1.165, 1.54) is 0 Å². The van der Waals surface area contributed by atoms with E-state index >= 15 is 0 Å². The summed E-state index contributed by atoms with van der Waals surface area (Å²) in [6.07, 6.45) is 0.802. The molecule has 5 nitrogen and oxygen atoms in total. The maximum Gasteiger partial charge on any atom is 0.161 e. The van der Waals surface area contributed by atoms with Crippen molar-refractivity contribution >= 4 is 5.82 Å². The Hall–Kier alpha value is -1.20. The van der Waals surface area contributed by atoms with E-state index in [1.54, 1.807) is 0 Å². The molecule has 1 fully saturated rings. The quantitative estimate of drug-likeness (QED) is 0.900. The summed E-state index contributed by atoms with van der Waals surface area (Å²) < 4.78 is 5.82. The molecule has 1 unspecified atom stereocenters. The van der Waals surface area contributed by atoms with Gasteiger partial charge < -0.3 is 10.5 Å². The maximum absolute atomic E-state index is 5.98. The highest BCUT2D eigenvalue weighted by molar-refractivity contribution is 5.41. The first-order valence-corrected chi connectivity index (χ1v) is 7.01. The Morgan fingerprint density at radius 3 is 2.79 bits per heavy atom. The van der Waals surface area contributed by atoms with Gasteiger partial charge in [0.15, 0.2) is 5.82 Å². The monoisotopic (exact) mass is 264 g/mol. The number of hydrogen-bond donors (Lipinski definition) is 1. The summed E-state index contributed by atoms with van der Waals surface area (Å²) in [5.74, 6) is 1.30. The number of anilines is 1. The van der Waals surface area contributed by atoms with Crippen LogP contribution in [0.4, 0.5) is 5.82 Å². The SMILES string of the molecule is CCc1nc(C2CN(C(C)C)CCO2)nc(N)c1C. The lowest BCUT2D eigenvalue weighted by atomic mass is 10.1. The normalized spacial score (nSPS) is 21.0. The number of aromatic nitrogens is 2. The van der Waals surface area contributed by atoms with Crippen molar-refractivity contribution in [2.75, 3.05) is 25.4 Å². The Kier molecular flexibility index (Phi) is 4.37. The number of nitrogen functional groups attached to an aromatic ring is 1. The van der Waals surface area contributed by atoms with Crippen LogP contribution < -0.4 is 5.73 Å². The van der Waals surface area contributed by atoms with Gasteiger partial charge in [-0.3, -0.25) is 4.90 Å². The second kappa shape index (κ2) is 5.84. The van der Waals surface area contributed by atoms with Crippen molar-refractivity contribution in [3.05, 3.63) is 17.1 Å². The van der Waals surface area contributed by atoms with Gasteiger partial charge in [-0.15, -0.1) is 0 Å². The van der Waals surface area contributed by atoms with E-state index in [0.717, 1.165) is 43.2 Å². The van der Waals surface area contributed by atoms with Crippen LogP contribution in [0, 0.1) is 6.92 Å². The minimum atomic E-state index is -0.0654. The second-order valence-electron chi connectivity index (χ2n) is 5.34. The molecule has 0 radical (unpaired) electrons. The Morgan fingerprint density at radius 2 is 2.16 bits per heavy atom. The first-order chi connectivity index (χ1) is 9.02. The predicted octanol–water partition coefficient (Wildman–Crippen LogP) is 1.71. The topological polar surface area (TPSA) is 64.3 Å².